The molecule has 1 heterocycles. The minimum Gasteiger partial charge on any atom is -0.384 e. The smallest absolute Gasteiger partial charge is 0.243 e. The molecule has 4 nitrogen and oxygen atoms in total. The average Bonchev–Trinajstić information content (AvgIpc) is 2.74. The molecule has 1 aliphatic heterocycles. The molecule has 1 N–H and O–H groups in total. The van der Waals surface area contributed by atoms with Crippen molar-refractivity contribution in [1.29, 1.82) is 0 Å². The lowest BCUT2D eigenvalue weighted by Gasteiger charge is -2.17. The fourth-order valence-corrected chi connectivity index (χ4v) is 3.37. The third kappa shape index (κ3) is 2.42. The fourth-order valence-electron chi connectivity index (χ4n) is 2.09. The second-order valence-corrected chi connectivity index (χ2v) is 6.76. The Bertz CT molecular complexity index is 579. The van der Waals surface area contributed by atoms with Crippen molar-refractivity contribution in [2.45, 2.75) is 18.2 Å². The van der Waals surface area contributed by atoms with Crippen molar-refractivity contribution >= 4 is 15.7 Å². The van der Waals surface area contributed by atoms with Gasteiger partial charge in [-0.2, -0.15) is 4.31 Å². The van der Waals surface area contributed by atoms with Gasteiger partial charge in [-0.3, -0.25) is 0 Å². The molecule has 5 heteroatoms. The van der Waals surface area contributed by atoms with Gasteiger partial charge in [0.15, 0.2) is 0 Å². The zero-order valence-electron chi connectivity index (χ0n) is 10.7. The Hall–Kier alpha value is -1.33. The fraction of sp³-hybridized carbons (Fsp3) is 0.385. The maximum atomic E-state index is 12.3. The van der Waals surface area contributed by atoms with Gasteiger partial charge in [0, 0.05) is 25.8 Å². The zero-order valence-corrected chi connectivity index (χ0v) is 11.5. The molecule has 1 aliphatic rings. The van der Waals surface area contributed by atoms with Gasteiger partial charge in [-0.15, -0.1) is 0 Å². The van der Waals surface area contributed by atoms with E-state index in [0.29, 0.717) is 11.4 Å². The molecular formula is C13H18N2O2S. The minimum absolute atomic E-state index is 0.345. The summed E-state index contributed by atoms with van der Waals surface area (Å²) < 4.78 is 26.0. The quantitative estimate of drug-likeness (QED) is 0.846. The highest BCUT2D eigenvalue weighted by Crippen LogP contribution is 2.26. The van der Waals surface area contributed by atoms with Crippen molar-refractivity contribution in [3.63, 3.8) is 0 Å². The summed E-state index contributed by atoms with van der Waals surface area (Å²) in [6, 6.07) is 5.25. The summed E-state index contributed by atoms with van der Waals surface area (Å²) in [5, 5.41) is 3.22. The molecule has 0 radical (unpaired) electrons. The number of hydrogen-bond donors (Lipinski definition) is 1. The molecule has 0 saturated heterocycles. The minimum atomic E-state index is -3.41. The molecule has 2 rings (SSSR count). The first-order valence-electron chi connectivity index (χ1n) is 5.89. The summed E-state index contributed by atoms with van der Waals surface area (Å²) >= 11 is 0. The van der Waals surface area contributed by atoms with Gasteiger partial charge in [-0.1, -0.05) is 12.2 Å². The lowest BCUT2D eigenvalue weighted by atomic mass is 10.2. The topological polar surface area (TPSA) is 49.4 Å². The lowest BCUT2D eigenvalue weighted by Crippen LogP contribution is -2.28. The van der Waals surface area contributed by atoms with E-state index in [1.807, 2.05) is 13.0 Å². The number of fused-ring (bicyclic) bond motifs is 1. The normalized spacial score (nSPS) is 14.4. The van der Waals surface area contributed by atoms with Gasteiger partial charge >= 0.3 is 0 Å². The Balaban J connectivity index is 2.33. The molecule has 0 amide bonds. The molecule has 1 aromatic carbocycles. The van der Waals surface area contributed by atoms with E-state index in [-0.39, 0.29) is 0 Å². The van der Waals surface area contributed by atoms with Gasteiger partial charge in [0.25, 0.3) is 0 Å². The number of anilines is 1. The summed E-state index contributed by atoms with van der Waals surface area (Å²) in [5.74, 6) is 0. The standard InChI is InChI=1S/C13H18N2O2S/c1-10(2)9-15(3)18(16,17)12-4-5-13-11(8-12)6-7-14-13/h4-5,8,14H,1,6-7,9H2,2-3H3. The first-order chi connectivity index (χ1) is 8.41. The van der Waals surface area contributed by atoms with E-state index in [4.69, 9.17) is 0 Å². The summed E-state index contributed by atoms with van der Waals surface area (Å²) in [6.45, 7) is 6.78. The summed E-state index contributed by atoms with van der Waals surface area (Å²) in [7, 11) is -1.83. The zero-order chi connectivity index (χ0) is 13.3. The van der Waals surface area contributed by atoms with Crippen LogP contribution in [0.25, 0.3) is 0 Å². The van der Waals surface area contributed by atoms with Crippen LogP contribution in [0.15, 0.2) is 35.2 Å². The van der Waals surface area contributed by atoms with E-state index in [1.54, 1.807) is 19.2 Å². The van der Waals surface area contributed by atoms with Gasteiger partial charge in [-0.05, 0) is 37.1 Å². The SMILES string of the molecule is C=C(C)CN(C)S(=O)(=O)c1ccc2c(c1)CCN2. The number of hydrogen-bond acceptors (Lipinski definition) is 3. The number of rotatable bonds is 4. The second kappa shape index (κ2) is 4.74. The molecule has 0 atom stereocenters. The van der Waals surface area contributed by atoms with Crippen molar-refractivity contribution in [3.05, 3.63) is 35.9 Å². The third-order valence-corrected chi connectivity index (χ3v) is 4.79. The van der Waals surface area contributed by atoms with E-state index >= 15 is 0 Å². The Morgan fingerprint density at radius 3 is 2.89 bits per heavy atom. The molecule has 0 aliphatic carbocycles. The molecule has 0 spiro atoms. The van der Waals surface area contributed by atoms with Crippen molar-refractivity contribution in [2.75, 3.05) is 25.5 Å². The van der Waals surface area contributed by atoms with Crippen molar-refractivity contribution in [1.82, 2.24) is 4.31 Å². The van der Waals surface area contributed by atoms with E-state index in [2.05, 4.69) is 11.9 Å². The maximum Gasteiger partial charge on any atom is 0.243 e. The van der Waals surface area contributed by atoms with E-state index in [0.717, 1.165) is 29.8 Å². The van der Waals surface area contributed by atoms with Crippen molar-refractivity contribution < 1.29 is 8.42 Å². The molecule has 0 bridgehead atoms. The van der Waals surface area contributed by atoms with Gasteiger partial charge in [0.1, 0.15) is 0 Å². The average molecular weight is 266 g/mol. The number of benzene rings is 1. The number of nitrogens with zero attached hydrogens (tertiary/aromatic N) is 1. The predicted molar refractivity (Wildman–Crippen MR) is 73.3 cm³/mol. The first-order valence-corrected chi connectivity index (χ1v) is 7.33. The molecule has 1 aromatic rings. The van der Waals surface area contributed by atoms with E-state index < -0.39 is 10.0 Å². The molecule has 0 fully saturated rings. The largest absolute Gasteiger partial charge is 0.384 e. The van der Waals surface area contributed by atoms with Crippen LogP contribution >= 0.6 is 0 Å². The van der Waals surface area contributed by atoms with Crippen LogP contribution in [0.1, 0.15) is 12.5 Å². The van der Waals surface area contributed by atoms with Crippen molar-refractivity contribution in [2.24, 2.45) is 0 Å². The Labute approximate surface area is 108 Å². The van der Waals surface area contributed by atoms with Crippen LogP contribution in [-0.4, -0.2) is 32.9 Å². The summed E-state index contributed by atoms with van der Waals surface area (Å²) in [5.41, 5.74) is 2.93. The predicted octanol–water partition coefficient (Wildman–Crippen LogP) is 1.85. The van der Waals surface area contributed by atoms with Crippen LogP contribution in [0.4, 0.5) is 5.69 Å². The van der Waals surface area contributed by atoms with Gasteiger partial charge in [0.2, 0.25) is 10.0 Å². The Morgan fingerprint density at radius 1 is 1.50 bits per heavy atom. The van der Waals surface area contributed by atoms with Crippen LogP contribution in [0.3, 0.4) is 0 Å². The highest BCUT2D eigenvalue weighted by Gasteiger charge is 2.22. The van der Waals surface area contributed by atoms with Crippen LogP contribution in [0.5, 0.6) is 0 Å². The molecule has 0 aromatic heterocycles. The van der Waals surface area contributed by atoms with Crippen LogP contribution in [0.2, 0.25) is 0 Å². The molecule has 0 unspecified atom stereocenters. The monoisotopic (exact) mass is 266 g/mol. The van der Waals surface area contributed by atoms with Gasteiger partial charge < -0.3 is 5.32 Å². The molecule has 0 saturated carbocycles. The number of likely N-dealkylation sites (N-methyl/N-ethyl adjacent to an activating group) is 1. The number of sulfonamides is 1. The lowest BCUT2D eigenvalue weighted by molar-refractivity contribution is 0.493. The first kappa shape index (κ1) is 13.1. The summed E-state index contributed by atoms with van der Waals surface area (Å²) in [6.07, 6.45) is 0.878. The summed E-state index contributed by atoms with van der Waals surface area (Å²) in [4.78, 5) is 0.355. The van der Waals surface area contributed by atoms with Crippen LogP contribution < -0.4 is 5.32 Å². The van der Waals surface area contributed by atoms with Crippen molar-refractivity contribution in [3.8, 4) is 0 Å². The van der Waals surface area contributed by atoms with E-state index in [1.165, 1.54) is 4.31 Å². The Morgan fingerprint density at radius 2 is 2.22 bits per heavy atom. The Kier molecular flexibility index (Phi) is 3.45. The molecule has 18 heavy (non-hydrogen) atoms. The van der Waals surface area contributed by atoms with Gasteiger partial charge in [-0.25, -0.2) is 8.42 Å². The van der Waals surface area contributed by atoms with Crippen LogP contribution in [0, 0.1) is 0 Å². The maximum absolute atomic E-state index is 12.3. The second-order valence-electron chi connectivity index (χ2n) is 4.71. The van der Waals surface area contributed by atoms with Gasteiger partial charge in [0.05, 0.1) is 4.90 Å². The third-order valence-electron chi connectivity index (χ3n) is 2.99. The molecular weight excluding hydrogens is 248 g/mol. The van der Waals surface area contributed by atoms with E-state index in [9.17, 15) is 8.42 Å². The highest BCUT2D eigenvalue weighted by atomic mass is 32.2. The number of nitrogens with one attached hydrogen (secondary N) is 1. The highest BCUT2D eigenvalue weighted by molar-refractivity contribution is 7.89. The molecule has 98 valence electrons. The van der Waals surface area contributed by atoms with Crippen LogP contribution in [-0.2, 0) is 16.4 Å².